The Balaban J connectivity index is -0.000000494. The average molecular weight is 643 g/mol. The van der Waals surface area contributed by atoms with Crippen molar-refractivity contribution in [2.24, 2.45) is 44.1 Å². The van der Waals surface area contributed by atoms with Crippen molar-refractivity contribution in [3.05, 3.63) is 0 Å². The molecule has 10 heteroatoms. The Hall–Kier alpha value is -2.36. The number of hydrazone groups is 1. The normalized spacial score (nSPS) is 18.6. The lowest BCUT2D eigenvalue weighted by Gasteiger charge is -2.06. The number of nitrogens with zero attached hydrogens (tertiary/aromatic N) is 4. The number of amidine groups is 1. The SMILES string of the molecule is CC.CC.CC.CC(C)C1=NNCCCC1.CC(C)C1=NOCCCC1.CC(C)C1=NOCCCO1.CC1N=C(C(C)C)NO1. The van der Waals surface area contributed by atoms with Gasteiger partial charge in [0.1, 0.15) is 19.0 Å². The highest BCUT2D eigenvalue weighted by molar-refractivity contribution is 5.86. The minimum Gasteiger partial charge on any atom is -0.478 e. The fraction of sp³-hybridized carbons (Fsp3) is 0.886. The second kappa shape index (κ2) is 33.0. The van der Waals surface area contributed by atoms with Crippen LogP contribution in [0, 0.1) is 23.7 Å². The van der Waals surface area contributed by atoms with E-state index < -0.39 is 0 Å². The van der Waals surface area contributed by atoms with Crippen LogP contribution in [0.3, 0.4) is 0 Å². The fourth-order valence-corrected chi connectivity index (χ4v) is 3.55. The van der Waals surface area contributed by atoms with Crippen LogP contribution in [0.25, 0.3) is 0 Å². The van der Waals surface area contributed by atoms with Crippen LogP contribution in [0.15, 0.2) is 20.4 Å². The number of oxime groups is 2. The van der Waals surface area contributed by atoms with Gasteiger partial charge in [-0.25, -0.2) is 9.83 Å². The van der Waals surface area contributed by atoms with Gasteiger partial charge < -0.3 is 19.8 Å². The first-order valence-corrected chi connectivity index (χ1v) is 17.9. The van der Waals surface area contributed by atoms with Crippen molar-refractivity contribution in [2.45, 2.75) is 155 Å². The van der Waals surface area contributed by atoms with Gasteiger partial charge in [0.05, 0.1) is 12.3 Å². The van der Waals surface area contributed by atoms with Crippen molar-refractivity contribution >= 4 is 23.2 Å². The summed E-state index contributed by atoms with van der Waals surface area (Å²) < 4.78 is 5.29. The summed E-state index contributed by atoms with van der Waals surface area (Å²) in [5, 5.41) is 12.1. The molecule has 0 aromatic rings. The van der Waals surface area contributed by atoms with Gasteiger partial charge in [-0.2, -0.15) is 5.10 Å². The zero-order valence-corrected chi connectivity index (χ0v) is 32.1. The highest BCUT2D eigenvalue weighted by Gasteiger charge is 2.14. The van der Waals surface area contributed by atoms with Gasteiger partial charge >= 0.3 is 0 Å². The lowest BCUT2D eigenvalue weighted by molar-refractivity contribution is 0.0491. The van der Waals surface area contributed by atoms with E-state index in [2.05, 4.69) is 72.9 Å². The first-order chi connectivity index (χ1) is 21.6. The third kappa shape index (κ3) is 26.6. The number of aliphatic imine (C=N–C) groups is 1. The molecule has 45 heavy (non-hydrogen) atoms. The van der Waals surface area contributed by atoms with E-state index in [9.17, 15) is 0 Å². The van der Waals surface area contributed by atoms with Gasteiger partial charge in [0, 0.05) is 30.5 Å². The third-order valence-corrected chi connectivity index (χ3v) is 6.11. The van der Waals surface area contributed by atoms with Crippen LogP contribution < -0.4 is 10.9 Å². The Kier molecular flexibility index (Phi) is 34.5. The van der Waals surface area contributed by atoms with E-state index in [0.29, 0.717) is 30.3 Å². The van der Waals surface area contributed by atoms with E-state index in [-0.39, 0.29) is 6.23 Å². The van der Waals surface area contributed by atoms with Gasteiger partial charge in [-0.1, -0.05) is 107 Å². The molecule has 2 N–H and O–H groups in total. The maximum atomic E-state index is 5.29. The molecule has 0 aliphatic carbocycles. The number of nitrogens with one attached hydrogen (secondary N) is 2. The minimum atomic E-state index is -0.0117. The molecule has 4 aliphatic heterocycles. The molecule has 4 heterocycles. The summed E-state index contributed by atoms with van der Waals surface area (Å²) in [6, 6.07) is 0. The summed E-state index contributed by atoms with van der Waals surface area (Å²) in [7, 11) is 0. The first-order valence-electron chi connectivity index (χ1n) is 17.9. The molecule has 0 amide bonds. The third-order valence-electron chi connectivity index (χ3n) is 6.11. The average Bonchev–Trinajstić information content (AvgIpc) is 3.37. The quantitative estimate of drug-likeness (QED) is 0.316. The van der Waals surface area contributed by atoms with Crippen LogP contribution in [0.1, 0.15) is 149 Å². The van der Waals surface area contributed by atoms with Gasteiger partial charge in [-0.15, -0.1) is 0 Å². The summed E-state index contributed by atoms with van der Waals surface area (Å²) in [5.74, 6) is 3.61. The summed E-state index contributed by atoms with van der Waals surface area (Å²) >= 11 is 0. The molecule has 1 unspecified atom stereocenters. The Labute approximate surface area is 278 Å². The fourth-order valence-electron chi connectivity index (χ4n) is 3.55. The van der Waals surface area contributed by atoms with Gasteiger partial charge in [-0.05, 0) is 57.3 Å². The van der Waals surface area contributed by atoms with Gasteiger partial charge in [0.2, 0.25) is 5.90 Å². The minimum absolute atomic E-state index is 0.0117. The van der Waals surface area contributed by atoms with Crippen molar-refractivity contribution < 1.29 is 19.2 Å². The van der Waals surface area contributed by atoms with Crippen molar-refractivity contribution in [3.63, 3.8) is 0 Å². The van der Waals surface area contributed by atoms with E-state index in [1.165, 1.54) is 37.1 Å². The van der Waals surface area contributed by atoms with Crippen LogP contribution in [-0.2, 0) is 19.2 Å². The molecular formula is C35H74N6O4. The number of ether oxygens (including phenoxy) is 1. The van der Waals surface area contributed by atoms with Crippen molar-refractivity contribution in [3.8, 4) is 0 Å². The maximum absolute atomic E-state index is 5.29. The summed E-state index contributed by atoms with van der Waals surface area (Å²) in [4.78, 5) is 19.1. The van der Waals surface area contributed by atoms with E-state index in [0.717, 1.165) is 50.8 Å². The number of hydrogen-bond donors (Lipinski definition) is 2. The van der Waals surface area contributed by atoms with Gasteiger partial charge in [0.15, 0.2) is 6.23 Å². The van der Waals surface area contributed by atoms with E-state index in [4.69, 9.17) is 19.2 Å². The number of hydroxylamine groups is 1. The smallest absolute Gasteiger partial charge is 0.228 e. The molecule has 0 spiro atoms. The Morgan fingerprint density at radius 1 is 0.622 bits per heavy atom. The van der Waals surface area contributed by atoms with Gasteiger partial charge in [-0.3, -0.25) is 5.48 Å². The van der Waals surface area contributed by atoms with Crippen LogP contribution >= 0.6 is 0 Å². The number of hydrogen-bond acceptors (Lipinski definition) is 10. The standard InChI is InChI=1S/C8H16N2.C8H15NO.C7H13NO2.C6H12N2O.3C2H6/c1-7(2)8-5-3-4-6-9-10-8;1-7(2)8-5-3-4-6-10-9-8;1-6(2)7-8-10-5-3-4-9-7;1-4(2)6-7-5(3)9-8-6;3*1-2/h7,9H,3-6H2,1-2H3;7H,3-6H2,1-2H3;6H,3-5H2,1-2H3;4-5H,1-3H3,(H,7,8);3*1-2H3. The molecule has 10 nitrogen and oxygen atoms in total. The zero-order valence-electron chi connectivity index (χ0n) is 32.1. The monoisotopic (exact) mass is 643 g/mol. The van der Waals surface area contributed by atoms with Crippen molar-refractivity contribution in [1.82, 2.24) is 10.9 Å². The highest BCUT2D eigenvalue weighted by atomic mass is 16.7. The van der Waals surface area contributed by atoms with Gasteiger partial charge in [0.25, 0.3) is 0 Å². The summed E-state index contributed by atoms with van der Waals surface area (Å²) in [6.07, 6.45) is 8.17. The molecule has 0 saturated carbocycles. The largest absolute Gasteiger partial charge is 0.478 e. The first kappa shape index (κ1) is 47.1. The number of rotatable bonds is 4. The second-order valence-corrected chi connectivity index (χ2v) is 11.3. The topological polar surface area (TPSA) is 110 Å². The second-order valence-electron chi connectivity index (χ2n) is 11.3. The highest BCUT2D eigenvalue weighted by Crippen LogP contribution is 2.11. The molecule has 0 saturated heterocycles. The predicted molar refractivity (Wildman–Crippen MR) is 195 cm³/mol. The zero-order chi connectivity index (χ0) is 35.0. The molecule has 4 rings (SSSR count). The Bertz CT molecular complexity index is 704. The van der Waals surface area contributed by atoms with Crippen LogP contribution in [0.4, 0.5) is 0 Å². The van der Waals surface area contributed by atoms with Crippen molar-refractivity contribution in [1.29, 1.82) is 0 Å². The van der Waals surface area contributed by atoms with E-state index in [1.54, 1.807) is 0 Å². The molecule has 0 bridgehead atoms. The Morgan fingerprint density at radius 3 is 1.69 bits per heavy atom. The van der Waals surface area contributed by atoms with E-state index >= 15 is 0 Å². The van der Waals surface area contributed by atoms with Crippen LogP contribution in [0.2, 0.25) is 0 Å². The predicted octanol–water partition coefficient (Wildman–Crippen LogP) is 9.36. The molecule has 0 fully saturated rings. The lowest BCUT2D eigenvalue weighted by atomic mass is 10.0. The molecule has 1 atom stereocenters. The molecule has 0 aromatic heterocycles. The lowest BCUT2D eigenvalue weighted by Crippen LogP contribution is -2.22. The molecule has 4 aliphatic rings. The van der Waals surface area contributed by atoms with Crippen LogP contribution in [-0.4, -0.2) is 55.8 Å². The van der Waals surface area contributed by atoms with Crippen molar-refractivity contribution in [2.75, 3.05) is 26.4 Å². The van der Waals surface area contributed by atoms with E-state index in [1.807, 2.05) is 62.3 Å². The summed E-state index contributed by atoms with van der Waals surface area (Å²) in [5.41, 5.74) is 8.37. The molecular weight excluding hydrogens is 568 g/mol. The molecule has 268 valence electrons. The van der Waals surface area contributed by atoms with Crippen LogP contribution in [0.5, 0.6) is 0 Å². The molecule has 0 aromatic carbocycles. The summed E-state index contributed by atoms with van der Waals surface area (Å²) in [6.45, 7) is 34.1. The maximum Gasteiger partial charge on any atom is 0.228 e. The Morgan fingerprint density at radius 2 is 1.18 bits per heavy atom. The molecule has 0 radical (unpaired) electrons.